The van der Waals surface area contributed by atoms with Crippen molar-refractivity contribution >= 4 is 17.7 Å². The van der Waals surface area contributed by atoms with E-state index < -0.39 is 5.97 Å². The number of nitrogens with zero attached hydrogens (tertiary/aromatic N) is 1. The molecule has 1 aromatic heterocycles. The van der Waals surface area contributed by atoms with Gasteiger partial charge in [0.25, 0.3) is 0 Å². The lowest BCUT2D eigenvalue weighted by molar-refractivity contribution is -0.119. The zero-order chi connectivity index (χ0) is 14.4. The summed E-state index contributed by atoms with van der Waals surface area (Å²) in [5.74, 6) is -0.386. The molecule has 0 atom stereocenters. The summed E-state index contributed by atoms with van der Waals surface area (Å²) in [6.45, 7) is 6.41. The second-order valence-electron chi connectivity index (χ2n) is 4.74. The van der Waals surface area contributed by atoms with E-state index in [0.717, 1.165) is 0 Å². The molecule has 0 aliphatic heterocycles. The van der Waals surface area contributed by atoms with Crippen molar-refractivity contribution in [2.24, 2.45) is 5.92 Å². The first-order valence-electron chi connectivity index (χ1n) is 6.11. The third-order valence-electron chi connectivity index (χ3n) is 2.34. The highest BCUT2D eigenvalue weighted by molar-refractivity contribution is 5.89. The van der Waals surface area contributed by atoms with Gasteiger partial charge in [0.15, 0.2) is 0 Å². The van der Waals surface area contributed by atoms with Crippen molar-refractivity contribution in [2.45, 2.75) is 20.8 Å². The molecule has 1 amide bonds. The van der Waals surface area contributed by atoms with Crippen LogP contribution >= 0.6 is 0 Å². The van der Waals surface area contributed by atoms with Crippen molar-refractivity contribution in [3.63, 3.8) is 0 Å². The molecule has 0 fully saturated rings. The molecule has 104 valence electrons. The van der Waals surface area contributed by atoms with Gasteiger partial charge in [-0.25, -0.2) is 9.78 Å². The van der Waals surface area contributed by atoms with Gasteiger partial charge in [0.2, 0.25) is 5.91 Å². The molecular weight excluding hydrogens is 246 g/mol. The van der Waals surface area contributed by atoms with Gasteiger partial charge in [-0.15, -0.1) is 0 Å². The third kappa shape index (κ3) is 5.37. The second kappa shape index (κ2) is 6.72. The fraction of sp³-hybridized carbons (Fsp3) is 0.462. The maximum absolute atomic E-state index is 11.5. The highest BCUT2D eigenvalue weighted by Crippen LogP contribution is 2.09. The molecule has 6 heteroatoms. The molecular formula is C13H19N3O3. The molecule has 0 aliphatic rings. The van der Waals surface area contributed by atoms with Gasteiger partial charge in [-0.1, -0.05) is 13.8 Å². The van der Waals surface area contributed by atoms with E-state index in [1.165, 1.54) is 12.1 Å². The van der Waals surface area contributed by atoms with Crippen LogP contribution in [0.25, 0.3) is 0 Å². The molecule has 0 unspecified atom stereocenters. The number of carbonyl (C=O) groups excluding carboxylic acids is 1. The van der Waals surface area contributed by atoms with Gasteiger partial charge in [-0.05, 0) is 25.0 Å². The predicted molar refractivity (Wildman–Crippen MR) is 72.3 cm³/mol. The molecule has 1 rings (SSSR count). The average molecular weight is 265 g/mol. The third-order valence-corrected chi connectivity index (χ3v) is 2.34. The van der Waals surface area contributed by atoms with Gasteiger partial charge in [0.1, 0.15) is 5.82 Å². The molecule has 1 aromatic rings. The van der Waals surface area contributed by atoms with Crippen LogP contribution in [0.3, 0.4) is 0 Å². The van der Waals surface area contributed by atoms with Gasteiger partial charge in [0, 0.05) is 12.2 Å². The second-order valence-corrected chi connectivity index (χ2v) is 4.74. The Hall–Kier alpha value is -2.11. The van der Waals surface area contributed by atoms with E-state index in [4.69, 9.17) is 5.11 Å². The normalized spacial score (nSPS) is 10.3. The smallest absolute Gasteiger partial charge is 0.335 e. The van der Waals surface area contributed by atoms with E-state index in [2.05, 4.69) is 15.6 Å². The number of hydrogen-bond donors (Lipinski definition) is 3. The number of carboxylic acid groups (broad SMARTS) is 1. The van der Waals surface area contributed by atoms with Gasteiger partial charge in [-0.2, -0.15) is 0 Å². The first-order chi connectivity index (χ1) is 8.88. The van der Waals surface area contributed by atoms with E-state index in [-0.39, 0.29) is 18.0 Å². The number of rotatable bonds is 6. The van der Waals surface area contributed by atoms with E-state index in [1.54, 1.807) is 6.92 Å². The Morgan fingerprint density at radius 1 is 1.37 bits per heavy atom. The molecule has 1 heterocycles. The SMILES string of the molecule is Cc1cc(C(=O)O)cc(NCC(=O)NCC(C)C)n1. The topological polar surface area (TPSA) is 91.3 Å². The maximum Gasteiger partial charge on any atom is 0.335 e. The summed E-state index contributed by atoms with van der Waals surface area (Å²) in [6, 6.07) is 2.89. The Kier molecular flexibility index (Phi) is 5.29. The van der Waals surface area contributed by atoms with Crippen molar-refractivity contribution in [1.29, 1.82) is 0 Å². The molecule has 0 bridgehead atoms. The summed E-state index contributed by atoms with van der Waals surface area (Å²) >= 11 is 0. The van der Waals surface area contributed by atoms with Crippen LogP contribution in [0.1, 0.15) is 29.9 Å². The standard InChI is InChI=1S/C13H19N3O3/c1-8(2)6-15-12(17)7-14-11-5-10(13(18)19)4-9(3)16-11/h4-5,8H,6-7H2,1-3H3,(H,14,16)(H,15,17)(H,18,19). The summed E-state index contributed by atoms with van der Waals surface area (Å²) < 4.78 is 0. The highest BCUT2D eigenvalue weighted by Gasteiger charge is 2.08. The molecule has 0 aromatic carbocycles. The van der Waals surface area contributed by atoms with Crippen LogP contribution in [0.5, 0.6) is 0 Å². The molecule has 0 saturated heterocycles. The summed E-state index contributed by atoms with van der Waals surface area (Å²) in [5, 5.41) is 14.5. The summed E-state index contributed by atoms with van der Waals surface area (Å²) in [7, 11) is 0. The van der Waals surface area contributed by atoms with Gasteiger partial charge in [0.05, 0.1) is 12.1 Å². The Morgan fingerprint density at radius 3 is 2.63 bits per heavy atom. The monoisotopic (exact) mass is 265 g/mol. The van der Waals surface area contributed by atoms with E-state index in [9.17, 15) is 9.59 Å². The van der Waals surface area contributed by atoms with Gasteiger partial charge >= 0.3 is 5.97 Å². The van der Waals surface area contributed by atoms with Crippen LogP contribution in [0.4, 0.5) is 5.82 Å². The predicted octanol–water partition coefficient (Wildman–Crippen LogP) is 1.27. The molecule has 0 aliphatic carbocycles. The van der Waals surface area contributed by atoms with Crippen molar-refractivity contribution in [3.8, 4) is 0 Å². The van der Waals surface area contributed by atoms with Crippen molar-refractivity contribution in [2.75, 3.05) is 18.4 Å². The first kappa shape index (κ1) is 14.9. The number of carboxylic acids is 1. The van der Waals surface area contributed by atoms with Crippen LogP contribution in [-0.2, 0) is 4.79 Å². The van der Waals surface area contributed by atoms with Crippen LogP contribution in [-0.4, -0.2) is 35.1 Å². The molecule has 6 nitrogen and oxygen atoms in total. The average Bonchev–Trinajstić information content (AvgIpc) is 2.33. The number of anilines is 1. The van der Waals surface area contributed by atoms with Crippen molar-refractivity contribution in [3.05, 3.63) is 23.4 Å². The minimum atomic E-state index is -1.02. The van der Waals surface area contributed by atoms with Crippen LogP contribution in [0.2, 0.25) is 0 Å². The Labute approximate surface area is 112 Å². The lowest BCUT2D eigenvalue weighted by atomic mass is 10.2. The van der Waals surface area contributed by atoms with Gasteiger partial charge < -0.3 is 15.7 Å². The number of amides is 1. The molecule has 3 N–H and O–H groups in total. The number of aromatic nitrogens is 1. The Morgan fingerprint density at radius 2 is 2.05 bits per heavy atom. The van der Waals surface area contributed by atoms with Crippen LogP contribution < -0.4 is 10.6 Å². The fourth-order valence-corrected chi connectivity index (χ4v) is 1.43. The summed E-state index contributed by atoms with van der Waals surface area (Å²) in [5.41, 5.74) is 0.738. The van der Waals surface area contributed by atoms with Crippen molar-refractivity contribution < 1.29 is 14.7 Å². The number of aromatic carboxylic acids is 1. The lowest BCUT2D eigenvalue weighted by Gasteiger charge is -2.09. The van der Waals surface area contributed by atoms with Gasteiger partial charge in [-0.3, -0.25) is 4.79 Å². The fourth-order valence-electron chi connectivity index (χ4n) is 1.43. The molecule has 0 saturated carbocycles. The van der Waals surface area contributed by atoms with E-state index in [1.807, 2.05) is 13.8 Å². The molecule has 0 radical (unpaired) electrons. The minimum Gasteiger partial charge on any atom is -0.478 e. The number of pyridine rings is 1. The van der Waals surface area contributed by atoms with Crippen molar-refractivity contribution in [1.82, 2.24) is 10.3 Å². The summed E-state index contributed by atoms with van der Waals surface area (Å²) in [6.07, 6.45) is 0. The maximum atomic E-state index is 11.5. The summed E-state index contributed by atoms with van der Waals surface area (Å²) in [4.78, 5) is 26.5. The highest BCUT2D eigenvalue weighted by atomic mass is 16.4. The number of nitrogens with one attached hydrogen (secondary N) is 2. The van der Waals surface area contributed by atoms with Crippen LogP contribution in [0.15, 0.2) is 12.1 Å². The Balaban J connectivity index is 2.58. The van der Waals surface area contributed by atoms with E-state index >= 15 is 0 Å². The minimum absolute atomic E-state index is 0.0717. The molecule has 19 heavy (non-hydrogen) atoms. The van der Waals surface area contributed by atoms with E-state index in [0.29, 0.717) is 24.0 Å². The number of carbonyl (C=O) groups is 2. The first-order valence-corrected chi connectivity index (χ1v) is 6.11. The largest absolute Gasteiger partial charge is 0.478 e. The molecule has 0 spiro atoms. The zero-order valence-corrected chi connectivity index (χ0v) is 11.4. The lowest BCUT2D eigenvalue weighted by Crippen LogP contribution is -2.32. The number of hydrogen-bond acceptors (Lipinski definition) is 4. The quantitative estimate of drug-likeness (QED) is 0.720. The number of aryl methyl sites for hydroxylation is 1. The zero-order valence-electron chi connectivity index (χ0n) is 11.4. The Bertz CT molecular complexity index is 472. The van der Waals surface area contributed by atoms with Crippen LogP contribution in [0, 0.1) is 12.8 Å².